The molecule has 7 heterocycles. The average molecular weight is 795 g/mol. The summed E-state index contributed by atoms with van der Waals surface area (Å²) in [7, 11) is 0. The highest BCUT2D eigenvalue weighted by Gasteiger charge is 2.47. The Morgan fingerprint density at radius 3 is 2.39 bits per heavy atom. The average Bonchev–Trinajstić information content (AvgIpc) is 4.03. The van der Waals surface area contributed by atoms with Crippen LogP contribution in [-0.2, 0) is 9.59 Å². The van der Waals surface area contributed by atoms with Gasteiger partial charge >= 0.3 is 0 Å². The number of anilines is 3. The molecule has 2 atom stereocenters. The summed E-state index contributed by atoms with van der Waals surface area (Å²) in [5.74, 6) is -1.84. The number of rotatable bonds is 6. The van der Waals surface area contributed by atoms with Gasteiger partial charge in [0.05, 0.1) is 33.3 Å². The fourth-order valence-corrected chi connectivity index (χ4v) is 10.9. The highest BCUT2D eigenvalue weighted by Crippen LogP contribution is 2.44. The zero-order chi connectivity index (χ0) is 38.7. The van der Waals surface area contributed by atoms with Crippen LogP contribution in [0.3, 0.4) is 0 Å². The van der Waals surface area contributed by atoms with E-state index >= 15 is 0 Å². The zero-order valence-corrected chi connectivity index (χ0v) is 32.6. The van der Waals surface area contributed by atoms with Gasteiger partial charge in [0.2, 0.25) is 17.5 Å². The van der Waals surface area contributed by atoms with Crippen molar-refractivity contribution in [3.05, 3.63) is 81.0 Å². The third-order valence-corrected chi connectivity index (χ3v) is 14.3. The molecule has 56 heavy (non-hydrogen) atoms. The number of thiophene rings is 1. The number of imide groups is 2. The first-order valence-corrected chi connectivity index (χ1v) is 20.7. The third kappa shape index (κ3) is 6.49. The largest absolute Gasteiger partial charge is 0.371 e. The predicted octanol–water partition coefficient (Wildman–Crippen LogP) is 4.89. The van der Waals surface area contributed by atoms with E-state index in [2.05, 4.69) is 35.8 Å². The van der Waals surface area contributed by atoms with Gasteiger partial charge in [-0.2, -0.15) is 0 Å². The molecule has 0 bridgehead atoms. The van der Waals surface area contributed by atoms with Crippen LogP contribution < -0.4 is 20.0 Å². The first kappa shape index (κ1) is 36.7. The van der Waals surface area contributed by atoms with Crippen molar-refractivity contribution >= 4 is 74.5 Å². The number of benzene rings is 2. The van der Waals surface area contributed by atoms with E-state index in [9.17, 15) is 24.0 Å². The second-order valence-electron chi connectivity index (χ2n) is 15.9. The van der Waals surface area contributed by atoms with Gasteiger partial charge in [0.15, 0.2) is 0 Å². The lowest BCUT2D eigenvalue weighted by atomic mass is 9.77. The molecule has 0 radical (unpaired) electrons. The van der Waals surface area contributed by atoms with Gasteiger partial charge in [-0.05, 0) is 73.9 Å². The minimum atomic E-state index is -0.988. The molecular formula is C41H43ClN8O5S. The maximum Gasteiger partial charge on any atom is 0.264 e. The molecule has 5 saturated heterocycles. The maximum atomic E-state index is 13.7. The van der Waals surface area contributed by atoms with Crippen LogP contribution in [0.15, 0.2) is 48.5 Å². The van der Waals surface area contributed by atoms with Crippen LogP contribution in [-0.4, -0.2) is 122 Å². The fourth-order valence-electron chi connectivity index (χ4n) is 9.63. The molecule has 2 aromatic carbocycles. The van der Waals surface area contributed by atoms with Crippen molar-refractivity contribution in [2.45, 2.75) is 50.6 Å². The van der Waals surface area contributed by atoms with E-state index in [0.717, 1.165) is 117 Å². The van der Waals surface area contributed by atoms with E-state index in [0.29, 0.717) is 27.9 Å². The number of piperazine rings is 1. The monoisotopic (exact) mass is 794 g/mol. The van der Waals surface area contributed by atoms with Crippen LogP contribution in [0.25, 0.3) is 4.85 Å². The van der Waals surface area contributed by atoms with Gasteiger partial charge < -0.3 is 19.6 Å². The molecule has 5 amide bonds. The summed E-state index contributed by atoms with van der Waals surface area (Å²) in [5.41, 5.74) is 3.09. The van der Waals surface area contributed by atoms with Gasteiger partial charge in [-0.1, -0.05) is 23.7 Å². The number of carbonyl (C=O) groups excluding carboxylic acids is 5. The van der Waals surface area contributed by atoms with E-state index in [1.807, 2.05) is 29.2 Å². The number of hydrogen-bond acceptors (Lipinski definition) is 10. The summed E-state index contributed by atoms with van der Waals surface area (Å²) >= 11 is 7.91. The second-order valence-corrected chi connectivity index (χ2v) is 17.4. The minimum absolute atomic E-state index is 0.0871. The van der Waals surface area contributed by atoms with Crippen LogP contribution in [0.2, 0.25) is 5.02 Å². The van der Waals surface area contributed by atoms with Crippen molar-refractivity contribution in [1.29, 1.82) is 0 Å². The van der Waals surface area contributed by atoms with Gasteiger partial charge in [0.25, 0.3) is 17.7 Å². The Hall–Kier alpha value is -4.97. The van der Waals surface area contributed by atoms with Crippen molar-refractivity contribution in [2.75, 3.05) is 80.1 Å². The summed E-state index contributed by atoms with van der Waals surface area (Å²) in [6, 6.07) is 14.4. The highest BCUT2D eigenvalue weighted by atomic mass is 35.5. The molecule has 1 spiro atoms. The first-order valence-electron chi connectivity index (χ1n) is 19.5. The number of carbonyl (C=O) groups is 5. The SMILES string of the molecule is [C-]#[N+]c1ccc(N2CCC3(CCN(C(=O)c4ccc(N5CCN(C6CCN(c7cccc8c7C(=O)N(C7CCC(=O)NC7=O)C8=O)C6)CC5)s4)CC3)C2)cc1Cl. The number of fused-ring (bicyclic) bond motifs is 1. The lowest BCUT2D eigenvalue weighted by Crippen LogP contribution is -2.54. The van der Waals surface area contributed by atoms with E-state index < -0.39 is 29.7 Å². The molecule has 290 valence electrons. The quantitative estimate of drug-likeness (QED) is 0.275. The standard InChI is InChI=1S/C41H43ClN8O5S/c1-43-30-6-5-26(23-29(30)42)49-18-14-41(25-49)12-16-47(17-13-41)39(54)33-8-10-35(56-33)46-21-19-45(20-22-46)27-11-15-48(24-27)31-4-2-3-28-36(31)40(55)50(38(28)53)32-7-9-34(51)44-37(32)52/h2-6,8,10,23,27,32H,7,9,11-22,24-25H2,(H,44,51,52). The number of nitrogens with one attached hydrogen (secondary N) is 1. The molecule has 15 heteroatoms. The lowest BCUT2D eigenvalue weighted by molar-refractivity contribution is -0.136. The Balaban J connectivity index is 0.771. The molecular weight excluding hydrogens is 752 g/mol. The Bertz CT molecular complexity index is 2170. The van der Waals surface area contributed by atoms with Crippen LogP contribution in [0.4, 0.5) is 22.1 Å². The molecule has 3 aromatic rings. The van der Waals surface area contributed by atoms with Gasteiger partial charge in [0.1, 0.15) is 6.04 Å². The summed E-state index contributed by atoms with van der Waals surface area (Å²) in [5, 5.41) is 3.88. The molecule has 6 aliphatic heterocycles. The molecule has 6 aliphatic rings. The summed E-state index contributed by atoms with van der Waals surface area (Å²) in [4.78, 5) is 81.8. The minimum Gasteiger partial charge on any atom is -0.371 e. The van der Waals surface area contributed by atoms with Crippen LogP contribution >= 0.6 is 22.9 Å². The smallest absolute Gasteiger partial charge is 0.264 e. The first-order chi connectivity index (χ1) is 27.1. The van der Waals surface area contributed by atoms with Crippen molar-refractivity contribution in [3.63, 3.8) is 0 Å². The maximum absolute atomic E-state index is 13.7. The van der Waals surface area contributed by atoms with E-state index in [4.69, 9.17) is 18.2 Å². The predicted molar refractivity (Wildman–Crippen MR) is 214 cm³/mol. The number of halogens is 1. The second kappa shape index (κ2) is 14.5. The van der Waals surface area contributed by atoms with Crippen molar-refractivity contribution in [2.24, 2.45) is 5.41 Å². The molecule has 1 N–H and O–H groups in total. The van der Waals surface area contributed by atoms with Crippen molar-refractivity contribution < 1.29 is 24.0 Å². The van der Waals surface area contributed by atoms with E-state index in [-0.39, 0.29) is 24.2 Å². The fraction of sp³-hybridized carbons (Fsp3) is 0.463. The lowest BCUT2D eigenvalue weighted by Gasteiger charge is -2.39. The van der Waals surface area contributed by atoms with Crippen LogP contribution in [0.5, 0.6) is 0 Å². The highest BCUT2D eigenvalue weighted by molar-refractivity contribution is 7.18. The van der Waals surface area contributed by atoms with Gasteiger partial charge in [-0.3, -0.25) is 39.1 Å². The van der Waals surface area contributed by atoms with Crippen molar-refractivity contribution in [3.8, 4) is 0 Å². The molecule has 13 nitrogen and oxygen atoms in total. The number of likely N-dealkylation sites (tertiary alicyclic amines) is 1. The van der Waals surface area contributed by atoms with E-state index in [1.165, 1.54) is 0 Å². The zero-order valence-electron chi connectivity index (χ0n) is 31.0. The van der Waals surface area contributed by atoms with E-state index in [1.54, 1.807) is 29.5 Å². The molecule has 1 aromatic heterocycles. The molecule has 9 rings (SSSR count). The molecule has 0 saturated carbocycles. The number of amides is 5. The Morgan fingerprint density at radius 2 is 1.64 bits per heavy atom. The summed E-state index contributed by atoms with van der Waals surface area (Å²) < 4.78 is 0. The van der Waals surface area contributed by atoms with Gasteiger partial charge in [0, 0.05) is 88.6 Å². The number of nitrogens with zero attached hydrogens (tertiary/aromatic N) is 7. The van der Waals surface area contributed by atoms with Gasteiger partial charge in [-0.25, -0.2) is 4.85 Å². The number of piperidine rings is 2. The third-order valence-electron chi connectivity index (χ3n) is 12.9. The Kier molecular flexibility index (Phi) is 9.50. The molecule has 2 unspecified atom stereocenters. The topological polar surface area (TPSA) is 121 Å². The summed E-state index contributed by atoms with van der Waals surface area (Å²) in [6.07, 6.45) is 4.19. The van der Waals surface area contributed by atoms with Crippen LogP contribution in [0.1, 0.15) is 68.9 Å². The van der Waals surface area contributed by atoms with Crippen LogP contribution in [0, 0.1) is 12.0 Å². The normalized spacial score (nSPS) is 24.0. The molecule has 5 fully saturated rings. The summed E-state index contributed by atoms with van der Waals surface area (Å²) in [6.45, 7) is 15.6. The molecule has 0 aliphatic carbocycles. The van der Waals surface area contributed by atoms with Gasteiger partial charge in [-0.15, -0.1) is 11.3 Å². The Morgan fingerprint density at radius 1 is 0.857 bits per heavy atom. The number of hydrogen-bond donors (Lipinski definition) is 1. The van der Waals surface area contributed by atoms with Crippen molar-refractivity contribution in [1.82, 2.24) is 20.0 Å². The Labute approximate surface area is 334 Å².